The standard InChI is InChI=1S/C21H27N3O/c1-2-12-24-13-9-20(10-14-24)23-16-19-7-3-4-8-21(19)25-17-18-6-5-11-22-15-18/h2-8,11,15,20,23H,1,9-10,12-14,16-17H2. The normalized spacial score (nSPS) is 15.8. The van der Waals surface area contributed by atoms with Gasteiger partial charge in [-0.1, -0.05) is 30.3 Å². The van der Waals surface area contributed by atoms with Crippen LogP contribution in [0.2, 0.25) is 0 Å². The number of hydrogen-bond donors (Lipinski definition) is 1. The average molecular weight is 337 g/mol. The van der Waals surface area contributed by atoms with E-state index in [-0.39, 0.29) is 0 Å². The Kier molecular flexibility index (Phi) is 6.60. The summed E-state index contributed by atoms with van der Waals surface area (Å²) in [5, 5.41) is 3.69. The summed E-state index contributed by atoms with van der Waals surface area (Å²) < 4.78 is 6.01. The van der Waals surface area contributed by atoms with Crippen LogP contribution in [0.3, 0.4) is 0 Å². The van der Waals surface area contributed by atoms with Gasteiger partial charge in [0.15, 0.2) is 0 Å². The second-order valence-corrected chi connectivity index (χ2v) is 6.50. The van der Waals surface area contributed by atoms with Crippen LogP contribution in [-0.4, -0.2) is 35.6 Å². The predicted molar refractivity (Wildman–Crippen MR) is 102 cm³/mol. The van der Waals surface area contributed by atoms with Crippen LogP contribution in [0.15, 0.2) is 61.4 Å². The van der Waals surface area contributed by atoms with Crippen molar-refractivity contribution in [3.05, 3.63) is 72.6 Å². The van der Waals surface area contributed by atoms with Gasteiger partial charge in [-0.3, -0.25) is 9.88 Å². The Labute approximate surface area is 150 Å². The molecule has 1 aliphatic heterocycles. The van der Waals surface area contributed by atoms with Crippen LogP contribution in [-0.2, 0) is 13.2 Å². The molecule has 0 bridgehead atoms. The molecule has 0 atom stereocenters. The zero-order chi connectivity index (χ0) is 17.3. The molecule has 1 saturated heterocycles. The van der Waals surface area contributed by atoms with E-state index in [1.807, 2.05) is 36.5 Å². The van der Waals surface area contributed by atoms with Gasteiger partial charge >= 0.3 is 0 Å². The smallest absolute Gasteiger partial charge is 0.124 e. The molecular formula is C21H27N3O. The number of likely N-dealkylation sites (tertiary alicyclic amines) is 1. The molecule has 0 spiro atoms. The lowest BCUT2D eigenvalue weighted by Crippen LogP contribution is -2.42. The Morgan fingerprint density at radius 1 is 1.20 bits per heavy atom. The first kappa shape index (κ1) is 17.6. The molecule has 0 unspecified atom stereocenters. The van der Waals surface area contributed by atoms with Gasteiger partial charge < -0.3 is 10.1 Å². The maximum absolute atomic E-state index is 6.01. The molecule has 4 nitrogen and oxygen atoms in total. The molecule has 1 aromatic heterocycles. The fourth-order valence-corrected chi connectivity index (χ4v) is 3.19. The van der Waals surface area contributed by atoms with Crippen molar-refractivity contribution in [2.24, 2.45) is 0 Å². The second kappa shape index (κ2) is 9.35. The number of ether oxygens (including phenoxy) is 1. The minimum atomic E-state index is 0.546. The zero-order valence-electron chi connectivity index (χ0n) is 14.7. The molecule has 1 N–H and O–H groups in total. The highest BCUT2D eigenvalue weighted by molar-refractivity contribution is 5.33. The van der Waals surface area contributed by atoms with Gasteiger partial charge in [0.05, 0.1) is 0 Å². The molecule has 0 amide bonds. The van der Waals surface area contributed by atoms with E-state index in [9.17, 15) is 0 Å². The molecule has 25 heavy (non-hydrogen) atoms. The van der Waals surface area contributed by atoms with Crippen molar-refractivity contribution >= 4 is 0 Å². The number of nitrogens with zero attached hydrogens (tertiary/aromatic N) is 2. The molecule has 2 heterocycles. The third-order valence-corrected chi connectivity index (χ3v) is 4.65. The minimum absolute atomic E-state index is 0.546. The van der Waals surface area contributed by atoms with Crippen molar-refractivity contribution < 1.29 is 4.74 Å². The summed E-state index contributed by atoms with van der Waals surface area (Å²) in [5.74, 6) is 0.947. The molecule has 0 radical (unpaired) electrons. The summed E-state index contributed by atoms with van der Waals surface area (Å²) in [6.07, 6.45) is 7.99. The first-order chi connectivity index (χ1) is 12.3. The van der Waals surface area contributed by atoms with Gasteiger partial charge in [-0.05, 0) is 38.1 Å². The molecule has 3 rings (SSSR count). The van der Waals surface area contributed by atoms with E-state index in [1.54, 1.807) is 6.20 Å². The van der Waals surface area contributed by atoms with Crippen molar-refractivity contribution in [1.82, 2.24) is 15.2 Å². The molecule has 0 aliphatic carbocycles. The lowest BCUT2D eigenvalue weighted by atomic mass is 10.0. The Morgan fingerprint density at radius 3 is 2.80 bits per heavy atom. The molecular weight excluding hydrogens is 310 g/mol. The van der Waals surface area contributed by atoms with Gasteiger partial charge in [-0.2, -0.15) is 0 Å². The molecule has 1 aromatic carbocycles. The topological polar surface area (TPSA) is 37.4 Å². The largest absolute Gasteiger partial charge is 0.489 e. The van der Waals surface area contributed by atoms with Crippen molar-refractivity contribution in [2.75, 3.05) is 19.6 Å². The maximum atomic E-state index is 6.01. The van der Waals surface area contributed by atoms with Crippen LogP contribution in [0.25, 0.3) is 0 Å². The first-order valence-corrected chi connectivity index (χ1v) is 9.01. The number of aromatic nitrogens is 1. The Hall–Kier alpha value is -2.17. The molecule has 2 aromatic rings. The number of rotatable bonds is 8. The number of para-hydroxylation sites is 1. The van der Waals surface area contributed by atoms with Crippen LogP contribution >= 0.6 is 0 Å². The summed E-state index contributed by atoms with van der Waals surface area (Å²) in [6.45, 7) is 8.49. The van der Waals surface area contributed by atoms with E-state index in [0.29, 0.717) is 12.6 Å². The minimum Gasteiger partial charge on any atom is -0.489 e. The van der Waals surface area contributed by atoms with Crippen molar-refractivity contribution in [1.29, 1.82) is 0 Å². The SMILES string of the molecule is C=CCN1CCC(NCc2ccccc2OCc2cccnc2)CC1. The number of benzene rings is 1. The van der Waals surface area contributed by atoms with E-state index in [0.717, 1.165) is 37.5 Å². The van der Waals surface area contributed by atoms with E-state index in [4.69, 9.17) is 4.74 Å². The summed E-state index contributed by atoms with van der Waals surface area (Å²) in [4.78, 5) is 6.59. The lowest BCUT2D eigenvalue weighted by Gasteiger charge is -2.31. The van der Waals surface area contributed by atoms with Crippen LogP contribution in [0.4, 0.5) is 0 Å². The van der Waals surface area contributed by atoms with Gasteiger partial charge in [-0.15, -0.1) is 6.58 Å². The van der Waals surface area contributed by atoms with E-state index in [2.05, 4.69) is 33.9 Å². The number of pyridine rings is 1. The van der Waals surface area contributed by atoms with Crippen LogP contribution in [0, 0.1) is 0 Å². The highest BCUT2D eigenvalue weighted by Crippen LogP contribution is 2.20. The number of piperidine rings is 1. The summed E-state index contributed by atoms with van der Waals surface area (Å²) in [7, 11) is 0. The summed E-state index contributed by atoms with van der Waals surface area (Å²) in [6, 6.07) is 12.8. The van der Waals surface area contributed by atoms with Crippen molar-refractivity contribution in [3.63, 3.8) is 0 Å². The Balaban J connectivity index is 1.50. The Bertz CT molecular complexity index is 651. The van der Waals surface area contributed by atoms with E-state index >= 15 is 0 Å². The molecule has 1 fully saturated rings. The third kappa shape index (κ3) is 5.41. The van der Waals surface area contributed by atoms with Gasteiger partial charge in [0.2, 0.25) is 0 Å². The average Bonchev–Trinajstić information content (AvgIpc) is 2.67. The molecule has 132 valence electrons. The van der Waals surface area contributed by atoms with Gasteiger partial charge in [-0.25, -0.2) is 0 Å². The van der Waals surface area contributed by atoms with Crippen LogP contribution in [0.1, 0.15) is 24.0 Å². The highest BCUT2D eigenvalue weighted by Gasteiger charge is 2.18. The quantitative estimate of drug-likeness (QED) is 0.749. The van der Waals surface area contributed by atoms with Gasteiger partial charge in [0, 0.05) is 42.7 Å². The molecule has 1 aliphatic rings. The maximum Gasteiger partial charge on any atom is 0.124 e. The number of nitrogens with one attached hydrogen (secondary N) is 1. The third-order valence-electron chi connectivity index (χ3n) is 4.65. The monoisotopic (exact) mass is 337 g/mol. The molecule has 4 heteroatoms. The zero-order valence-corrected chi connectivity index (χ0v) is 14.7. The van der Waals surface area contributed by atoms with E-state index in [1.165, 1.54) is 18.4 Å². The summed E-state index contributed by atoms with van der Waals surface area (Å²) in [5.41, 5.74) is 2.29. The van der Waals surface area contributed by atoms with Crippen molar-refractivity contribution in [2.45, 2.75) is 32.0 Å². The summed E-state index contributed by atoms with van der Waals surface area (Å²) >= 11 is 0. The highest BCUT2D eigenvalue weighted by atomic mass is 16.5. The second-order valence-electron chi connectivity index (χ2n) is 6.50. The van der Waals surface area contributed by atoms with Crippen molar-refractivity contribution in [3.8, 4) is 5.75 Å². The fourth-order valence-electron chi connectivity index (χ4n) is 3.19. The van der Waals surface area contributed by atoms with Gasteiger partial charge in [0.1, 0.15) is 12.4 Å². The van der Waals surface area contributed by atoms with E-state index < -0.39 is 0 Å². The van der Waals surface area contributed by atoms with Crippen LogP contribution < -0.4 is 10.1 Å². The molecule has 0 saturated carbocycles. The number of hydrogen-bond acceptors (Lipinski definition) is 4. The Morgan fingerprint density at radius 2 is 2.04 bits per heavy atom. The van der Waals surface area contributed by atoms with Crippen LogP contribution in [0.5, 0.6) is 5.75 Å². The van der Waals surface area contributed by atoms with Gasteiger partial charge in [0.25, 0.3) is 0 Å². The fraction of sp³-hybridized carbons (Fsp3) is 0.381. The predicted octanol–water partition coefficient (Wildman–Crippen LogP) is 3.40. The first-order valence-electron chi connectivity index (χ1n) is 9.01. The lowest BCUT2D eigenvalue weighted by molar-refractivity contribution is 0.214.